The molecule has 0 radical (unpaired) electrons. The van der Waals surface area contributed by atoms with Crippen molar-refractivity contribution >= 4 is 17.4 Å². The Labute approximate surface area is 154 Å². The average molecular weight is 352 g/mol. The minimum Gasteiger partial charge on any atom is -0.376 e. The molecule has 0 bridgehead atoms. The molecule has 0 unspecified atom stereocenters. The molecule has 2 aromatic carbocycles. The Balaban J connectivity index is 1.63. The van der Waals surface area contributed by atoms with Gasteiger partial charge in [0.25, 0.3) is 0 Å². The van der Waals surface area contributed by atoms with Gasteiger partial charge in [0.2, 0.25) is 5.91 Å². The van der Waals surface area contributed by atoms with Crippen molar-refractivity contribution in [1.82, 2.24) is 4.90 Å². The molecule has 5 nitrogen and oxygen atoms in total. The second-order valence-electron chi connectivity index (χ2n) is 6.52. The van der Waals surface area contributed by atoms with Crippen molar-refractivity contribution in [2.45, 2.75) is 19.4 Å². The fourth-order valence-corrected chi connectivity index (χ4v) is 3.10. The van der Waals surface area contributed by atoms with Crippen LogP contribution in [-0.4, -0.2) is 48.9 Å². The number of rotatable bonds is 6. The topological polar surface area (TPSA) is 58.6 Å². The lowest BCUT2D eigenvalue weighted by Gasteiger charge is -2.30. The normalized spacial score (nSPS) is 17.7. The van der Waals surface area contributed by atoms with Crippen LogP contribution in [0.2, 0.25) is 0 Å². The predicted octanol–water partition coefficient (Wildman–Crippen LogP) is 2.97. The molecule has 0 saturated carbocycles. The second kappa shape index (κ2) is 8.74. The van der Waals surface area contributed by atoms with Crippen LogP contribution in [0.5, 0.6) is 0 Å². The summed E-state index contributed by atoms with van der Waals surface area (Å²) < 4.78 is 5.51. The number of benzene rings is 2. The molecule has 136 valence electrons. The van der Waals surface area contributed by atoms with Crippen molar-refractivity contribution in [1.29, 1.82) is 0 Å². The van der Waals surface area contributed by atoms with Crippen molar-refractivity contribution in [2.75, 3.05) is 31.6 Å². The third-order valence-electron chi connectivity index (χ3n) is 4.46. The number of para-hydroxylation sites is 1. The van der Waals surface area contributed by atoms with E-state index in [9.17, 15) is 9.59 Å². The molecule has 0 aliphatic carbocycles. The lowest BCUT2D eigenvalue weighted by Crippen LogP contribution is -2.42. The minimum atomic E-state index is -0.0940. The Morgan fingerprint density at radius 2 is 1.85 bits per heavy atom. The van der Waals surface area contributed by atoms with Gasteiger partial charge in [0.15, 0.2) is 5.78 Å². The average Bonchev–Trinajstić information content (AvgIpc) is 2.67. The molecule has 1 aliphatic rings. The van der Waals surface area contributed by atoms with E-state index in [0.29, 0.717) is 36.4 Å². The van der Waals surface area contributed by atoms with Crippen molar-refractivity contribution in [3.8, 4) is 0 Å². The summed E-state index contributed by atoms with van der Waals surface area (Å²) in [5.41, 5.74) is 1.67. The molecule has 0 spiro atoms. The molecule has 1 N–H and O–H groups in total. The first-order chi connectivity index (χ1) is 12.6. The lowest BCUT2D eigenvalue weighted by molar-refractivity contribution is -0.117. The largest absolute Gasteiger partial charge is 0.376 e. The molecule has 1 aliphatic heterocycles. The van der Waals surface area contributed by atoms with Crippen LogP contribution in [0.3, 0.4) is 0 Å². The number of anilines is 1. The first kappa shape index (κ1) is 18.3. The fraction of sp³-hybridized carbons (Fsp3) is 0.333. The van der Waals surface area contributed by atoms with E-state index in [1.165, 1.54) is 0 Å². The minimum absolute atomic E-state index is 0.0857. The molecule has 26 heavy (non-hydrogen) atoms. The fourth-order valence-electron chi connectivity index (χ4n) is 3.10. The number of ketones is 1. The van der Waals surface area contributed by atoms with Gasteiger partial charge in [-0.25, -0.2) is 0 Å². The highest BCUT2D eigenvalue weighted by Gasteiger charge is 2.18. The van der Waals surface area contributed by atoms with Gasteiger partial charge in [0, 0.05) is 37.2 Å². The van der Waals surface area contributed by atoms with Crippen LogP contribution in [0.1, 0.15) is 29.3 Å². The molecule has 1 amide bonds. The van der Waals surface area contributed by atoms with Gasteiger partial charge in [-0.2, -0.15) is 0 Å². The molecule has 0 aromatic heterocycles. The van der Waals surface area contributed by atoms with Crippen molar-refractivity contribution in [3.05, 3.63) is 65.7 Å². The van der Waals surface area contributed by atoms with E-state index in [1.807, 2.05) is 31.2 Å². The van der Waals surface area contributed by atoms with Crippen LogP contribution in [0.4, 0.5) is 5.69 Å². The maximum absolute atomic E-state index is 12.7. The number of nitrogens with zero attached hydrogens (tertiary/aromatic N) is 1. The summed E-state index contributed by atoms with van der Waals surface area (Å²) in [5.74, 6) is -0.180. The summed E-state index contributed by atoms with van der Waals surface area (Å²) in [7, 11) is 0. The molecular weight excluding hydrogens is 328 g/mol. The maximum Gasteiger partial charge on any atom is 0.225 e. The molecule has 3 rings (SSSR count). The quantitative estimate of drug-likeness (QED) is 0.812. The van der Waals surface area contributed by atoms with Crippen molar-refractivity contribution in [2.24, 2.45) is 0 Å². The molecule has 1 atom stereocenters. The molecule has 1 saturated heterocycles. The molecule has 1 fully saturated rings. The van der Waals surface area contributed by atoms with Gasteiger partial charge in [0.05, 0.1) is 18.4 Å². The Morgan fingerprint density at radius 3 is 2.62 bits per heavy atom. The lowest BCUT2D eigenvalue weighted by atomic mass is 10.0. The van der Waals surface area contributed by atoms with E-state index in [2.05, 4.69) is 10.2 Å². The highest BCUT2D eigenvalue weighted by molar-refractivity contribution is 6.13. The Hall–Kier alpha value is -2.50. The number of morpholine rings is 1. The van der Waals surface area contributed by atoms with E-state index in [-0.39, 0.29) is 17.8 Å². The monoisotopic (exact) mass is 352 g/mol. The van der Waals surface area contributed by atoms with Gasteiger partial charge in [-0.15, -0.1) is 0 Å². The summed E-state index contributed by atoms with van der Waals surface area (Å²) >= 11 is 0. The van der Waals surface area contributed by atoms with Gasteiger partial charge in [-0.3, -0.25) is 14.5 Å². The summed E-state index contributed by atoms with van der Waals surface area (Å²) in [6, 6.07) is 16.2. The van der Waals surface area contributed by atoms with E-state index in [4.69, 9.17) is 4.74 Å². The SMILES string of the molecule is C[C@@H]1CN(CCC(=O)Nc2ccccc2C(=O)c2ccccc2)CCO1. The number of hydrogen-bond donors (Lipinski definition) is 1. The number of nitrogens with one attached hydrogen (secondary N) is 1. The Bertz CT molecular complexity index is 761. The van der Waals surface area contributed by atoms with Gasteiger partial charge in [-0.05, 0) is 19.1 Å². The Kier molecular flexibility index (Phi) is 6.15. The predicted molar refractivity (Wildman–Crippen MR) is 101 cm³/mol. The Morgan fingerprint density at radius 1 is 1.12 bits per heavy atom. The van der Waals surface area contributed by atoms with E-state index >= 15 is 0 Å². The molecule has 2 aromatic rings. The third-order valence-corrected chi connectivity index (χ3v) is 4.46. The molecular formula is C21H24N2O3. The summed E-state index contributed by atoms with van der Waals surface area (Å²) in [4.78, 5) is 27.3. The van der Waals surface area contributed by atoms with E-state index in [1.54, 1.807) is 30.3 Å². The van der Waals surface area contributed by atoms with Crippen molar-refractivity contribution < 1.29 is 14.3 Å². The second-order valence-corrected chi connectivity index (χ2v) is 6.52. The molecule has 1 heterocycles. The summed E-state index contributed by atoms with van der Waals surface area (Å²) in [6.07, 6.45) is 0.594. The zero-order valence-corrected chi connectivity index (χ0v) is 15.0. The molecule has 5 heteroatoms. The zero-order chi connectivity index (χ0) is 18.4. The van der Waals surface area contributed by atoms with Crippen LogP contribution in [0.25, 0.3) is 0 Å². The highest BCUT2D eigenvalue weighted by Crippen LogP contribution is 2.19. The zero-order valence-electron chi connectivity index (χ0n) is 15.0. The third kappa shape index (κ3) is 4.77. The number of hydrogen-bond acceptors (Lipinski definition) is 4. The van der Waals surface area contributed by atoms with Gasteiger partial charge in [-0.1, -0.05) is 42.5 Å². The van der Waals surface area contributed by atoms with Crippen LogP contribution in [0.15, 0.2) is 54.6 Å². The summed E-state index contributed by atoms with van der Waals surface area (Å²) in [5, 5.41) is 2.89. The van der Waals surface area contributed by atoms with Gasteiger partial charge in [0.1, 0.15) is 0 Å². The first-order valence-corrected chi connectivity index (χ1v) is 8.96. The highest BCUT2D eigenvalue weighted by atomic mass is 16.5. The van der Waals surface area contributed by atoms with E-state index in [0.717, 1.165) is 13.1 Å². The standard InChI is InChI=1S/C21H24N2O3/c1-16-15-23(13-14-26-16)12-11-20(24)22-19-10-6-5-9-18(19)21(25)17-7-3-2-4-8-17/h2-10,16H,11-15H2,1H3,(H,22,24)/t16-/m1/s1. The smallest absolute Gasteiger partial charge is 0.225 e. The van der Waals surface area contributed by atoms with Crippen LogP contribution in [0, 0.1) is 0 Å². The summed E-state index contributed by atoms with van der Waals surface area (Å²) in [6.45, 7) is 5.13. The number of carbonyl (C=O) groups excluding carboxylic acids is 2. The number of amides is 1. The number of ether oxygens (including phenoxy) is 1. The van der Waals surface area contributed by atoms with Crippen LogP contribution < -0.4 is 5.32 Å². The van der Waals surface area contributed by atoms with E-state index < -0.39 is 0 Å². The maximum atomic E-state index is 12.7. The number of carbonyl (C=O) groups is 2. The first-order valence-electron chi connectivity index (χ1n) is 8.96. The van der Waals surface area contributed by atoms with Gasteiger partial charge >= 0.3 is 0 Å². The van der Waals surface area contributed by atoms with Gasteiger partial charge < -0.3 is 10.1 Å². The van der Waals surface area contributed by atoms with Crippen LogP contribution in [-0.2, 0) is 9.53 Å². The van der Waals surface area contributed by atoms with Crippen LogP contribution >= 0.6 is 0 Å². The van der Waals surface area contributed by atoms with Crippen molar-refractivity contribution in [3.63, 3.8) is 0 Å².